The van der Waals surface area contributed by atoms with Gasteiger partial charge in [0, 0.05) is 5.56 Å². The molecule has 0 bridgehead atoms. The molecule has 0 fully saturated rings. The molecule has 0 unspecified atom stereocenters. The van der Waals surface area contributed by atoms with E-state index in [0.29, 0.717) is 17.1 Å². The average molecular weight is 334 g/mol. The second kappa shape index (κ2) is 7.15. The summed E-state index contributed by atoms with van der Waals surface area (Å²) in [5, 5.41) is 3.80. The highest BCUT2D eigenvalue weighted by Crippen LogP contribution is 2.29. The van der Waals surface area contributed by atoms with Crippen molar-refractivity contribution in [3.63, 3.8) is 0 Å². The first-order valence-corrected chi connectivity index (χ1v) is 8.29. The van der Waals surface area contributed by atoms with Gasteiger partial charge in [-0.1, -0.05) is 23.8 Å². The molecule has 0 aromatic heterocycles. The van der Waals surface area contributed by atoms with E-state index in [-0.39, 0.29) is 4.90 Å². The minimum Gasteiger partial charge on any atom is -0.493 e. The van der Waals surface area contributed by atoms with Crippen molar-refractivity contribution in [2.75, 3.05) is 14.2 Å². The minimum absolute atomic E-state index is 0.151. The van der Waals surface area contributed by atoms with E-state index in [1.54, 1.807) is 30.3 Å². The number of benzene rings is 2. The average Bonchev–Trinajstić information content (AvgIpc) is 2.54. The topological polar surface area (TPSA) is 77.0 Å². The molecule has 0 saturated carbocycles. The molecule has 2 aromatic carbocycles. The van der Waals surface area contributed by atoms with Crippen molar-refractivity contribution in [1.82, 2.24) is 4.83 Å². The summed E-state index contributed by atoms with van der Waals surface area (Å²) in [6.07, 6.45) is 1.37. The lowest BCUT2D eigenvalue weighted by Crippen LogP contribution is -2.18. The van der Waals surface area contributed by atoms with Gasteiger partial charge in [0.05, 0.1) is 25.3 Å². The van der Waals surface area contributed by atoms with Gasteiger partial charge in [0.2, 0.25) is 0 Å². The molecule has 0 radical (unpaired) electrons. The van der Waals surface area contributed by atoms with Crippen LogP contribution in [-0.4, -0.2) is 28.9 Å². The maximum atomic E-state index is 12.1. The van der Waals surface area contributed by atoms with Crippen LogP contribution >= 0.6 is 0 Å². The van der Waals surface area contributed by atoms with Gasteiger partial charge in [-0.25, -0.2) is 4.83 Å². The van der Waals surface area contributed by atoms with E-state index in [1.165, 1.54) is 32.6 Å². The molecule has 0 atom stereocenters. The fraction of sp³-hybridized carbons (Fsp3) is 0.188. The smallest absolute Gasteiger partial charge is 0.276 e. The van der Waals surface area contributed by atoms with Gasteiger partial charge in [0.15, 0.2) is 11.5 Å². The molecule has 23 heavy (non-hydrogen) atoms. The number of nitrogens with zero attached hydrogens (tertiary/aromatic N) is 1. The van der Waals surface area contributed by atoms with Gasteiger partial charge in [-0.2, -0.15) is 13.5 Å². The SMILES string of the molecule is COc1cccc(/C=N/NS(=O)(=O)c2ccc(C)cc2)c1OC. The Bertz CT molecular complexity index is 799. The molecular formula is C16H18N2O4S. The summed E-state index contributed by atoms with van der Waals surface area (Å²) in [5.41, 5.74) is 1.58. The third-order valence-corrected chi connectivity index (χ3v) is 4.38. The Labute approximate surface area is 135 Å². The van der Waals surface area contributed by atoms with E-state index in [1.807, 2.05) is 6.92 Å². The monoisotopic (exact) mass is 334 g/mol. The fourth-order valence-electron chi connectivity index (χ4n) is 1.95. The van der Waals surface area contributed by atoms with Crippen LogP contribution in [-0.2, 0) is 10.0 Å². The van der Waals surface area contributed by atoms with Gasteiger partial charge in [-0.15, -0.1) is 0 Å². The van der Waals surface area contributed by atoms with Crippen LogP contribution in [0.5, 0.6) is 11.5 Å². The number of aryl methyl sites for hydroxylation is 1. The fourth-order valence-corrected chi connectivity index (χ4v) is 2.74. The lowest BCUT2D eigenvalue weighted by atomic mass is 10.2. The number of nitrogens with one attached hydrogen (secondary N) is 1. The Morgan fingerprint density at radius 3 is 2.35 bits per heavy atom. The van der Waals surface area contributed by atoms with E-state index >= 15 is 0 Å². The van der Waals surface area contributed by atoms with Crippen LogP contribution < -0.4 is 14.3 Å². The van der Waals surface area contributed by atoms with E-state index in [4.69, 9.17) is 9.47 Å². The molecule has 2 aromatic rings. The molecule has 0 aliphatic carbocycles. The summed E-state index contributed by atoms with van der Waals surface area (Å²) < 4.78 is 34.7. The largest absolute Gasteiger partial charge is 0.493 e. The maximum absolute atomic E-state index is 12.1. The van der Waals surface area contributed by atoms with Gasteiger partial charge in [-0.3, -0.25) is 0 Å². The summed E-state index contributed by atoms with van der Waals surface area (Å²) >= 11 is 0. The molecule has 0 aliphatic heterocycles. The minimum atomic E-state index is -3.70. The summed E-state index contributed by atoms with van der Waals surface area (Å²) in [6.45, 7) is 1.89. The molecule has 6 nitrogen and oxygen atoms in total. The van der Waals surface area contributed by atoms with Crippen LogP contribution in [0.25, 0.3) is 0 Å². The van der Waals surface area contributed by atoms with Crippen molar-refractivity contribution in [1.29, 1.82) is 0 Å². The number of para-hydroxylation sites is 1. The number of methoxy groups -OCH3 is 2. The Morgan fingerprint density at radius 2 is 1.74 bits per heavy atom. The van der Waals surface area contributed by atoms with Crippen molar-refractivity contribution in [3.8, 4) is 11.5 Å². The predicted molar refractivity (Wildman–Crippen MR) is 88.6 cm³/mol. The van der Waals surface area contributed by atoms with Crippen LogP contribution in [0.2, 0.25) is 0 Å². The van der Waals surface area contributed by atoms with Gasteiger partial charge in [-0.05, 0) is 31.2 Å². The van der Waals surface area contributed by atoms with Crippen molar-refractivity contribution in [2.24, 2.45) is 5.10 Å². The summed E-state index contributed by atoms with van der Waals surface area (Å²) in [6, 6.07) is 11.8. The molecule has 7 heteroatoms. The third-order valence-electron chi connectivity index (χ3n) is 3.14. The molecule has 0 amide bonds. The molecule has 122 valence electrons. The third kappa shape index (κ3) is 4.01. The molecule has 0 saturated heterocycles. The molecule has 2 rings (SSSR count). The van der Waals surface area contributed by atoms with Crippen LogP contribution in [0.15, 0.2) is 52.5 Å². The van der Waals surface area contributed by atoms with Gasteiger partial charge in [0.1, 0.15) is 0 Å². The number of rotatable bonds is 6. The van der Waals surface area contributed by atoms with E-state index in [9.17, 15) is 8.42 Å². The molecule has 1 N–H and O–H groups in total. The zero-order valence-corrected chi connectivity index (χ0v) is 13.9. The second-order valence-corrected chi connectivity index (χ2v) is 6.41. The van der Waals surface area contributed by atoms with Crippen molar-refractivity contribution in [2.45, 2.75) is 11.8 Å². The summed E-state index contributed by atoms with van der Waals surface area (Å²) in [5.74, 6) is 1.02. The predicted octanol–water partition coefficient (Wildman–Crippen LogP) is 2.32. The van der Waals surface area contributed by atoms with Crippen LogP contribution in [0, 0.1) is 6.92 Å². The highest BCUT2D eigenvalue weighted by Gasteiger charge is 2.12. The Hall–Kier alpha value is -2.54. The summed E-state index contributed by atoms with van der Waals surface area (Å²) in [4.78, 5) is 2.33. The van der Waals surface area contributed by atoms with Gasteiger partial charge in [0.25, 0.3) is 10.0 Å². The lowest BCUT2D eigenvalue weighted by molar-refractivity contribution is 0.354. The number of hydrogen-bond acceptors (Lipinski definition) is 5. The van der Waals surface area contributed by atoms with E-state index < -0.39 is 10.0 Å². The quantitative estimate of drug-likeness (QED) is 0.650. The molecule has 0 heterocycles. The number of ether oxygens (including phenoxy) is 2. The van der Waals surface area contributed by atoms with Crippen LogP contribution in [0.4, 0.5) is 0 Å². The van der Waals surface area contributed by atoms with E-state index in [2.05, 4.69) is 9.93 Å². The van der Waals surface area contributed by atoms with Gasteiger partial charge >= 0.3 is 0 Å². The standard InChI is InChI=1S/C16H18N2O4S/c1-12-7-9-14(10-8-12)23(19,20)18-17-11-13-5-4-6-15(21-2)16(13)22-3/h4-11,18H,1-3H3/b17-11+. The zero-order valence-electron chi connectivity index (χ0n) is 13.1. The first-order chi connectivity index (χ1) is 11.0. The van der Waals surface area contributed by atoms with Crippen molar-refractivity contribution < 1.29 is 17.9 Å². The van der Waals surface area contributed by atoms with Crippen molar-refractivity contribution in [3.05, 3.63) is 53.6 Å². The number of sulfonamides is 1. The zero-order chi connectivity index (χ0) is 16.9. The van der Waals surface area contributed by atoms with Crippen LogP contribution in [0.1, 0.15) is 11.1 Å². The van der Waals surface area contributed by atoms with E-state index in [0.717, 1.165) is 5.56 Å². The first-order valence-electron chi connectivity index (χ1n) is 6.80. The number of hydrazone groups is 1. The van der Waals surface area contributed by atoms with Crippen LogP contribution in [0.3, 0.4) is 0 Å². The normalized spacial score (nSPS) is 11.4. The Balaban J connectivity index is 2.20. The summed E-state index contributed by atoms with van der Waals surface area (Å²) in [7, 11) is -0.670. The van der Waals surface area contributed by atoms with Crippen molar-refractivity contribution >= 4 is 16.2 Å². The Morgan fingerprint density at radius 1 is 1.04 bits per heavy atom. The molecule has 0 spiro atoms. The molecule has 0 aliphatic rings. The van der Waals surface area contributed by atoms with Gasteiger partial charge < -0.3 is 9.47 Å². The first kappa shape index (κ1) is 16.8. The lowest BCUT2D eigenvalue weighted by Gasteiger charge is -2.09. The highest BCUT2D eigenvalue weighted by molar-refractivity contribution is 7.89. The maximum Gasteiger partial charge on any atom is 0.276 e. The Kier molecular flexibility index (Phi) is 5.23. The molecular weight excluding hydrogens is 316 g/mol. The highest BCUT2D eigenvalue weighted by atomic mass is 32.2. The number of hydrogen-bond donors (Lipinski definition) is 1. The second-order valence-electron chi connectivity index (χ2n) is 4.75.